The number of benzene rings is 1. The van der Waals surface area contributed by atoms with Crippen LogP contribution in [0.4, 0.5) is 5.82 Å². The second kappa shape index (κ2) is 4.64. The van der Waals surface area contributed by atoms with Crippen LogP contribution in [-0.2, 0) is 0 Å². The molecule has 0 unspecified atom stereocenters. The number of anilines is 1. The lowest BCUT2D eigenvalue weighted by atomic mass is 10.1. The standard InChI is InChI=1S/C14H17N3O/c1-8-5-9(2)7-12(6-8)18-14-10(3)13(15)16-11(4)17-14/h5-7H,1-4H3,(H2,15,16,17). The van der Waals surface area contributed by atoms with Crippen LogP contribution in [0.2, 0.25) is 0 Å². The second-order valence-corrected chi connectivity index (χ2v) is 4.51. The van der Waals surface area contributed by atoms with Gasteiger partial charge in [-0.15, -0.1) is 0 Å². The normalized spacial score (nSPS) is 10.4. The maximum absolute atomic E-state index is 5.80. The molecule has 0 aliphatic rings. The summed E-state index contributed by atoms with van der Waals surface area (Å²) in [7, 11) is 0. The van der Waals surface area contributed by atoms with E-state index in [2.05, 4.69) is 16.0 Å². The Morgan fingerprint density at radius 2 is 1.56 bits per heavy atom. The van der Waals surface area contributed by atoms with Gasteiger partial charge in [0, 0.05) is 0 Å². The monoisotopic (exact) mass is 243 g/mol. The van der Waals surface area contributed by atoms with E-state index in [1.807, 2.05) is 32.9 Å². The van der Waals surface area contributed by atoms with Gasteiger partial charge in [-0.1, -0.05) is 6.07 Å². The molecule has 4 nitrogen and oxygen atoms in total. The summed E-state index contributed by atoms with van der Waals surface area (Å²) >= 11 is 0. The molecule has 1 aromatic carbocycles. The Hall–Kier alpha value is -2.10. The minimum atomic E-state index is 0.460. The molecule has 94 valence electrons. The van der Waals surface area contributed by atoms with E-state index in [1.165, 1.54) is 0 Å². The zero-order valence-electron chi connectivity index (χ0n) is 11.1. The molecule has 0 amide bonds. The Bertz CT molecular complexity index is 574. The van der Waals surface area contributed by atoms with Crippen molar-refractivity contribution in [3.05, 3.63) is 40.7 Å². The van der Waals surface area contributed by atoms with E-state index in [9.17, 15) is 0 Å². The number of nitrogens with zero attached hydrogens (tertiary/aromatic N) is 2. The molecule has 0 radical (unpaired) electrons. The van der Waals surface area contributed by atoms with Crippen LogP contribution in [0.25, 0.3) is 0 Å². The van der Waals surface area contributed by atoms with Gasteiger partial charge in [0.2, 0.25) is 5.88 Å². The zero-order valence-corrected chi connectivity index (χ0v) is 11.1. The van der Waals surface area contributed by atoms with Crippen molar-refractivity contribution >= 4 is 5.82 Å². The molecule has 18 heavy (non-hydrogen) atoms. The summed E-state index contributed by atoms with van der Waals surface area (Å²) in [5.41, 5.74) is 8.88. The molecule has 0 spiro atoms. The molecule has 4 heteroatoms. The van der Waals surface area contributed by atoms with Gasteiger partial charge in [-0.2, -0.15) is 4.98 Å². The zero-order chi connectivity index (χ0) is 13.3. The Labute approximate surface area is 107 Å². The summed E-state index contributed by atoms with van der Waals surface area (Å²) in [6.45, 7) is 7.72. The molecular formula is C14H17N3O. The minimum Gasteiger partial charge on any atom is -0.439 e. The fourth-order valence-electron chi connectivity index (χ4n) is 1.83. The number of hydrogen-bond acceptors (Lipinski definition) is 4. The number of ether oxygens (including phenoxy) is 1. The minimum absolute atomic E-state index is 0.460. The molecule has 0 aliphatic heterocycles. The maximum Gasteiger partial charge on any atom is 0.227 e. The van der Waals surface area contributed by atoms with Gasteiger partial charge in [-0.3, -0.25) is 0 Å². The van der Waals surface area contributed by atoms with Gasteiger partial charge in [-0.05, 0) is 51.0 Å². The van der Waals surface area contributed by atoms with Gasteiger partial charge >= 0.3 is 0 Å². The summed E-state index contributed by atoms with van der Waals surface area (Å²) in [6.07, 6.45) is 0. The number of nitrogens with two attached hydrogens (primary N) is 1. The molecule has 1 aromatic heterocycles. The van der Waals surface area contributed by atoms with Crippen molar-refractivity contribution in [1.82, 2.24) is 9.97 Å². The number of aryl methyl sites for hydroxylation is 3. The first-order valence-electron chi connectivity index (χ1n) is 5.82. The molecule has 0 atom stereocenters. The molecule has 2 rings (SSSR count). The third-order valence-electron chi connectivity index (χ3n) is 2.66. The van der Waals surface area contributed by atoms with Gasteiger partial charge < -0.3 is 10.5 Å². The second-order valence-electron chi connectivity index (χ2n) is 4.51. The average molecular weight is 243 g/mol. The molecule has 2 N–H and O–H groups in total. The Kier molecular flexibility index (Phi) is 3.19. The van der Waals surface area contributed by atoms with Crippen LogP contribution in [0.1, 0.15) is 22.5 Å². The largest absolute Gasteiger partial charge is 0.439 e. The fraction of sp³-hybridized carbons (Fsp3) is 0.286. The highest BCUT2D eigenvalue weighted by molar-refractivity contribution is 5.46. The van der Waals surface area contributed by atoms with Crippen LogP contribution < -0.4 is 10.5 Å². The SMILES string of the molecule is Cc1cc(C)cc(Oc2nc(C)nc(N)c2C)c1. The first-order chi connectivity index (χ1) is 8.45. The predicted octanol–water partition coefficient (Wildman–Crippen LogP) is 3.08. The van der Waals surface area contributed by atoms with Crippen molar-refractivity contribution in [3.8, 4) is 11.6 Å². The molecule has 0 fully saturated rings. The van der Waals surface area contributed by atoms with Crippen molar-refractivity contribution in [3.63, 3.8) is 0 Å². The van der Waals surface area contributed by atoms with Crippen LogP contribution >= 0.6 is 0 Å². The summed E-state index contributed by atoms with van der Waals surface area (Å²) in [5.74, 6) is 2.36. The van der Waals surface area contributed by atoms with Gasteiger partial charge in [0.05, 0.1) is 5.56 Å². The number of aromatic nitrogens is 2. The summed E-state index contributed by atoms with van der Waals surface area (Å²) in [4.78, 5) is 8.37. The van der Waals surface area contributed by atoms with Gasteiger partial charge in [-0.25, -0.2) is 4.98 Å². The molecule has 0 saturated heterocycles. The van der Waals surface area contributed by atoms with E-state index in [1.54, 1.807) is 6.92 Å². The van der Waals surface area contributed by atoms with Crippen LogP contribution in [0.3, 0.4) is 0 Å². The lowest BCUT2D eigenvalue weighted by Crippen LogP contribution is -2.02. The van der Waals surface area contributed by atoms with Crippen molar-refractivity contribution in [2.75, 3.05) is 5.73 Å². The van der Waals surface area contributed by atoms with Crippen molar-refractivity contribution < 1.29 is 4.74 Å². The lowest BCUT2D eigenvalue weighted by molar-refractivity contribution is 0.455. The highest BCUT2D eigenvalue weighted by Crippen LogP contribution is 2.26. The third-order valence-corrected chi connectivity index (χ3v) is 2.66. The summed E-state index contributed by atoms with van der Waals surface area (Å²) in [5, 5.41) is 0. The molecule has 0 aliphatic carbocycles. The van der Waals surface area contributed by atoms with Crippen molar-refractivity contribution in [2.45, 2.75) is 27.7 Å². The van der Waals surface area contributed by atoms with E-state index >= 15 is 0 Å². The van der Waals surface area contributed by atoms with E-state index in [4.69, 9.17) is 10.5 Å². The summed E-state index contributed by atoms with van der Waals surface area (Å²) < 4.78 is 5.80. The third kappa shape index (κ3) is 2.59. The Morgan fingerprint density at radius 1 is 0.944 bits per heavy atom. The molecule has 0 bridgehead atoms. The topological polar surface area (TPSA) is 61.0 Å². The first-order valence-corrected chi connectivity index (χ1v) is 5.82. The van der Waals surface area contributed by atoms with Crippen molar-refractivity contribution in [2.24, 2.45) is 0 Å². The average Bonchev–Trinajstić information content (AvgIpc) is 2.23. The van der Waals surface area contributed by atoms with E-state index in [0.717, 1.165) is 22.4 Å². The van der Waals surface area contributed by atoms with Crippen LogP contribution in [0.5, 0.6) is 11.6 Å². The van der Waals surface area contributed by atoms with Gasteiger partial charge in [0.15, 0.2) is 0 Å². The van der Waals surface area contributed by atoms with Gasteiger partial charge in [0.25, 0.3) is 0 Å². The first kappa shape index (κ1) is 12.4. The lowest BCUT2D eigenvalue weighted by Gasteiger charge is -2.11. The smallest absolute Gasteiger partial charge is 0.227 e. The van der Waals surface area contributed by atoms with Crippen LogP contribution in [0.15, 0.2) is 18.2 Å². The number of nitrogen functional groups attached to an aromatic ring is 1. The maximum atomic E-state index is 5.80. The fourth-order valence-corrected chi connectivity index (χ4v) is 1.83. The van der Waals surface area contributed by atoms with E-state index in [-0.39, 0.29) is 0 Å². The number of hydrogen-bond donors (Lipinski definition) is 1. The van der Waals surface area contributed by atoms with Crippen LogP contribution in [0, 0.1) is 27.7 Å². The molecule has 0 saturated carbocycles. The predicted molar refractivity (Wildman–Crippen MR) is 71.9 cm³/mol. The molecule has 2 aromatic rings. The number of rotatable bonds is 2. The Balaban J connectivity index is 2.39. The van der Waals surface area contributed by atoms with Crippen LogP contribution in [-0.4, -0.2) is 9.97 Å². The summed E-state index contributed by atoms with van der Waals surface area (Å²) in [6, 6.07) is 6.04. The van der Waals surface area contributed by atoms with E-state index < -0.39 is 0 Å². The highest BCUT2D eigenvalue weighted by Gasteiger charge is 2.09. The Morgan fingerprint density at radius 3 is 2.17 bits per heavy atom. The molecule has 1 heterocycles. The quantitative estimate of drug-likeness (QED) is 0.880. The van der Waals surface area contributed by atoms with Crippen molar-refractivity contribution in [1.29, 1.82) is 0 Å². The molecular weight excluding hydrogens is 226 g/mol. The van der Waals surface area contributed by atoms with E-state index in [0.29, 0.717) is 17.5 Å². The highest BCUT2D eigenvalue weighted by atomic mass is 16.5. The van der Waals surface area contributed by atoms with Gasteiger partial charge in [0.1, 0.15) is 17.4 Å².